The van der Waals surface area contributed by atoms with Gasteiger partial charge in [-0.3, -0.25) is 4.79 Å². The molecule has 1 atom stereocenters. The summed E-state index contributed by atoms with van der Waals surface area (Å²) in [6.45, 7) is 16.8. The minimum absolute atomic E-state index is 0.00228. The minimum atomic E-state index is -1.35. The molecule has 1 saturated heterocycles. The molecule has 67 heavy (non-hydrogen) atoms. The van der Waals surface area contributed by atoms with Crippen molar-refractivity contribution in [2.24, 2.45) is 5.92 Å². The molecule has 348 valence electrons. The molecule has 0 spiro atoms. The number of hydrogen-bond donors (Lipinski definition) is 4. The molecule has 0 unspecified atom stereocenters. The number of nitrogens with one attached hydrogen (secondary N) is 1. The number of aromatic nitrogens is 6. The Bertz CT molecular complexity index is 3220. The smallest absolute Gasteiger partial charge is 0.409 e. The van der Waals surface area contributed by atoms with E-state index in [4.69, 9.17) is 14.5 Å². The van der Waals surface area contributed by atoms with E-state index in [1.807, 2.05) is 57.2 Å². The summed E-state index contributed by atoms with van der Waals surface area (Å²) in [6.07, 6.45) is 6.00. The Balaban J connectivity index is 0.000000174. The van der Waals surface area contributed by atoms with Gasteiger partial charge in [0.15, 0.2) is 5.82 Å². The van der Waals surface area contributed by atoms with Crippen LogP contribution in [-0.4, -0.2) is 75.4 Å². The van der Waals surface area contributed by atoms with E-state index < -0.39 is 11.3 Å². The lowest BCUT2D eigenvalue weighted by Crippen LogP contribution is -2.38. The SMILES string of the molecule is C=C1OCc2c(cc3n(c2=O)Cc2c-3nc3ccc(C)cc3c2CC)[C@@]1(O)CC.COC(=O)N1CCC(CCn2ccc3cc(-n4c(-c5cc(C(C)C)c(O)cc5O)n[nH]c4=O)ccc32)CC1. The maximum Gasteiger partial charge on any atom is 0.409 e. The molecule has 4 aromatic heterocycles. The zero-order valence-electron chi connectivity index (χ0n) is 38.8. The molecule has 15 heteroatoms. The van der Waals surface area contributed by atoms with Crippen LogP contribution in [0.5, 0.6) is 11.5 Å². The van der Waals surface area contributed by atoms with Gasteiger partial charge in [-0.2, -0.15) is 5.10 Å². The van der Waals surface area contributed by atoms with Crippen LogP contribution in [0.25, 0.3) is 50.3 Å². The standard InChI is InChI=1S/C28H33N5O5.C24H24N2O3/c1-17(2)21-15-22(25(35)16-24(21)34)26-29-30-27(36)33(26)20-4-5-23-19(14-20)9-13-31(23)10-6-18-7-11-32(12-8-18)28(37)38-3;1-5-15-16-9-13(3)7-8-20(16)25-22-17(15)11-26-21(22)10-19-18(23(26)27)12-29-14(4)24(19,28)6-2/h4-5,9,13-18,34-35H,6-8,10-12H2,1-3H3,(H,30,36);7-10,28H,4-6,11-12H2,1-3H3/t;24-/m.1/s1. The quantitative estimate of drug-likeness (QED) is 0.115. The number of amides is 1. The van der Waals surface area contributed by atoms with Crippen molar-refractivity contribution in [2.45, 2.75) is 97.9 Å². The average molecular weight is 908 g/mol. The molecule has 1 amide bonds. The minimum Gasteiger partial charge on any atom is -0.508 e. The monoisotopic (exact) mass is 907 g/mol. The highest BCUT2D eigenvalue weighted by Gasteiger charge is 2.41. The summed E-state index contributed by atoms with van der Waals surface area (Å²) in [7, 11) is 1.42. The number of benzene rings is 3. The number of phenols is 2. The predicted molar refractivity (Wildman–Crippen MR) is 257 cm³/mol. The number of aromatic hydroxyl groups is 2. The van der Waals surface area contributed by atoms with Gasteiger partial charge in [0.25, 0.3) is 5.56 Å². The zero-order valence-corrected chi connectivity index (χ0v) is 38.8. The van der Waals surface area contributed by atoms with Crippen molar-refractivity contribution >= 4 is 27.9 Å². The van der Waals surface area contributed by atoms with Crippen molar-refractivity contribution in [1.82, 2.24) is 33.8 Å². The third-order valence-corrected chi connectivity index (χ3v) is 14.0. The fourth-order valence-corrected chi connectivity index (χ4v) is 10.1. The molecule has 15 nitrogen and oxygen atoms in total. The second-order valence-corrected chi connectivity index (χ2v) is 18.2. The van der Waals surface area contributed by atoms with E-state index in [2.05, 4.69) is 53.5 Å². The Labute approximate surface area is 387 Å². The van der Waals surface area contributed by atoms with Crippen molar-refractivity contribution in [3.05, 3.63) is 133 Å². The van der Waals surface area contributed by atoms with Crippen molar-refractivity contribution < 1.29 is 29.6 Å². The van der Waals surface area contributed by atoms with E-state index in [9.17, 15) is 29.7 Å². The fourth-order valence-electron chi connectivity index (χ4n) is 10.1. The Morgan fingerprint density at radius 3 is 2.51 bits per heavy atom. The molecule has 0 radical (unpaired) electrons. The number of phenolic OH excluding ortho intramolecular Hbond substituents is 2. The third-order valence-electron chi connectivity index (χ3n) is 14.0. The van der Waals surface area contributed by atoms with Crippen molar-refractivity contribution in [3.63, 3.8) is 0 Å². The molecule has 1 fully saturated rings. The zero-order chi connectivity index (χ0) is 47.5. The topological polar surface area (TPSA) is 190 Å². The van der Waals surface area contributed by atoms with E-state index in [-0.39, 0.29) is 41.5 Å². The molecule has 0 aliphatic carbocycles. The first kappa shape index (κ1) is 45.0. The Morgan fingerprint density at radius 2 is 1.79 bits per heavy atom. The Hall–Kier alpha value is -7.13. The van der Waals surface area contributed by atoms with Gasteiger partial charge in [0.1, 0.15) is 29.5 Å². The first-order chi connectivity index (χ1) is 32.1. The van der Waals surface area contributed by atoms with Gasteiger partial charge in [-0.25, -0.2) is 24.2 Å². The number of likely N-dealkylation sites (tertiary alicyclic amines) is 1. The van der Waals surface area contributed by atoms with Crippen LogP contribution in [0.2, 0.25) is 0 Å². The number of pyridine rings is 2. The van der Waals surface area contributed by atoms with Crippen LogP contribution >= 0.6 is 0 Å². The molecule has 0 bridgehead atoms. The van der Waals surface area contributed by atoms with Gasteiger partial charge in [0.05, 0.1) is 47.4 Å². The molecule has 0 saturated carbocycles. The maximum absolute atomic E-state index is 13.3. The molecule has 3 aliphatic heterocycles. The lowest BCUT2D eigenvalue weighted by molar-refractivity contribution is -0.0172. The van der Waals surface area contributed by atoms with E-state index in [1.54, 1.807) is 15.5 Å². The first-order valence-electron chi connectivity index (χ1n) is 23.1. The first-order valence-corrected chi connectivity index (χ1v) is 23.1. The number of carbonyl (C=O) groups is 1. The van der Waals surface area contributed by atoms with Gasteiger partial charge < -0.3 is 38.8 Å². The number of H-pyrrole nitrogens is 1. The summed E-state index contributed by atoms with van der Waals surface area (Å²) in [6, 6.07) is 19.0. The van der Waals surface area contributed by atoms with Crippen molar-refractivity contribution in [1.29, 1.82) is 0 Å². The Kier molecular flexibility index (Phi) is 11.8. The summed E-state index contributed by atoms with van der Waals surface area (Å²) in [5.74, 6) is 0.982. The van der Waals surface area contributed by atoms with Crippen LogP contribution < -0.4 is 11.2 Å². The van der Waals surface area contributed by atoms with E-state index in [1.165, 1.54) is 28.9 Å². The van der Waals surface area contributed by atoms with Crippen molar-refractivity contribution in [3.8, 4) is 40.0 Å². The number of carbonyl (C=O) groups excluding carboxylic acids is 1. The van der Waals surface area contributed by atoms with Crippen LogP contribution in [0, 0.1) is 12.8 Å². The molecule has 10 rings (SSSR count). The number of aryl methyl sites for hydroxylation is 3. The molecule has 3 aromatic carbocycles. The summed E-state index contributed by atoms with van der Waals surface area (Å²) in [5.41, 5.74) is 8.00. The van der Waals surface area contributed by atoms with Gasteiger partial charge >= 0.3 is 11.8 Å². The fraction of sp³-hybridized carbons (Fsp3) is 0.365. The second-order valence-electron chi connectivity index (χ2n) is 18.2. The van der Waals surface area contributed by atoms with Gasteiger partial charge in [-0.1, -0.05) is 45.9 Å². The maximum atomic E-state index is 13.3. The van der Waals surface area contributed by atoms with Crippen LogP contribution in [-0.2, 0) is 41.2 Å². The highest BCUT2D eigenvalue weighted by molar-refractivity contribution is 5.89. The van der Waals surface area contributed by atoms with Gasteiger partial charge in [0, 0.05) is 59.3 Å². The summed E-state index contributed by atoms with van der Waals surface area (Å²) in [5, 5.41) is 40.8. The number of fused-ring (bicyclic) bond motifs is 6. The molecule has 7 aromatic rings. The number of hydrogen-bond acceptors (Lipinski definition) is 10. The number of methoxy groups -OCH3 is 1. The number of rotatable bonds is 8. The lowest BCUT2D eigenvalue weighted by Gasteiger charge is -2.35. The van der Waals surface area contributed by atoms with Crippen LogP contribution in [0.4, 0.5) is 4.79 Å². The lowest BCUT2D eigenvalue weighted by atomic mass is 9.84. The largest absolute Gasteiger partial charge is 0.508 e. The van der Waals surface area contributed by atoms with Crippen molar-refractivity contribution in [2.75, 3.05) is 20.2 Å². The number of ether oxygens (including phenoxy) is 2. The van der Waals surface area contributed by atoms with Gasteiger partial charge in [0.2, 0.25) is 0 Å². The molecule has 4 N–H and O–H groups in total. The number of nitrogens with zero attached hydrogens (tertiary/aromatic N) is 6. The number of piperidine rings is 1. The third kappa shape index (κ3) is 7.84. The molecular weight excluding hydrogens is 851 g/mol. The highest BCUT2D eigenvalue weighted by atomic mass is 16.5. The predicted octanol–water partition coefficient (Wildman–Crippen LogP) is 8.52. The van der Waals surface area contributed by atoms with Crippen LogP contribution in [0.15, 0.2) is 88.8 Å². The molecular formula is C52H57N7O8. The summed E-state index contributed by atoms with van der Waals surface area (Å²) < 4.78 is 15.8. The van der Waals surface area contributed by atoms with E-state index >= 15 is 0 Å². The highest BCUT2D eigenvalue weighted by Crippen LogP contribution is 2.43. The van der Waals surface area contributed by atoms with E-state index in [0.29, 0.717) is 52.6 Å². The molecule has 3 aliphatic rings. The van der Waals surface area contributed by atoms with Crippen LogP contribution in [0.1, 0.15) is 92.7 Å². The summed E-state index contributed by atoms with van der Waals surface area (Å²) in [4.78, 5) is 44.6. The van der Waals surface area contributed by atoms with Gasteiger partial charge in [-0.15, -0.1) is 0 Å². The number of aromatic amines is 1. The van der Waals surface area contributed by atoms with Gasteiger partial charge in [-0.05, 0) is 111 Å². The second kappa shape index (κ2) is 17.6. The Morgan fingerprint density at radius 1 is 1.01 bits per heavy atom. The summed E-state index contributed by atoms with van der Waals surface area (Å²) >= 11 is 0. The van der Waals surface area contributed by atoms with Crippen LogP contribution in [0.3, 0.4) is 0 Å². The average Bonchev–Trinajstić information content (AvgIpc) is 4.03. The van der Waals surface area contributed by atoms with E-state index in [0.717, 1.165) is 84.1 Å². The normalized spacial score (nSPS) is 16.7. The number of aliphatic hydroxyl groups is 1. The molecule has 7 heterocycles.